The zero-order valence-corrected chi connectivity index (χ0v) is 8.24. The highest BCUT2D eigenvalue weighted by molar-refractivity contribution is 8.03. The average Bonchev–Trinajstić information content (AvgIpc) is 2.10. The Labute approximate surface area is 84.7 Å². The number of allylic oxidation sites excluding steroid dienone is 2. The van der Waals surface area contributed by atoms with E-state index in [1.165, 1.54) is 0 Å². The van der Waals surface area contributed by atoms with E-state index in [2.05, 4.69) is 0 Å². The van der Waals surface area contributed by atoms with E-state index >= 15 is 0 Å². The summed E-state index contributed by atoms with van der Waals surface area (Å²) >= 11 is 1.05. The number of hydrogen-bond donors (Lipinski definition) is 3. The number of aliphatic hydroxyl groups excluding tert-OH is 1. The zero-order chi connectivity index (χ0) is 11.1. The maximum atomic E-state index is 10.5. The van der Waals surface area contributed by atoms with Gasteiger partial charge in [0.15, 0.2) is 0 Å². The molecule has 0 saturated heterocycles. The summed E-state index contributed by atoms with van der Waals surface area (Å²) in [5.41, 5.74) is 0. The van der Waals surface area contributed by atoms with Gasteiger partial charge in [-0.3, -0.25) is 0 Å². The Kier molecular flexibility index (Phi) is 5.47. The molecular weight excluding hydrogens is 208 g/mol. The molecule has 0 saturated carbocycles. The van der Waals surface area contributed by atoms with Crippen molar-refractivity contribution in [3.63, 3.8) is 0 Å². The fourth-order valence-electron chi connectivity index (χ4n) is 0.563. The average molecular weight is 218 g/mol. The van der Waals surface area contributed by atoms with Crippen molar-refractivity contribution in [1.82, 2.24) is 0 Å². The first-order valence-electron chi connectivity index (χ1n) is 3.69. The third kappa shape index (κ3) is 4.56. The molecule has 0 aliphatic heterocycles. The second kappa shape index (κ2) is 6.09. The highest BCUT2D eigenvalue weighted by atomic mass is 32.2. The molecule has 0 atom stereocenters. The Bertz CT molecular complexity index is 292. The molecule has 0 unspecified atom stereocenters. The first kappa shape index (κ1) is 12.6. The minimum Gasteiger partial charge on any atom is -0.502 e. The van der Waals surface area contributed by atoms with Crippen LogP contribution in [0.1, 0.15) is 6.92 Å². The Hall–Kier alpha value is -1.43. The minimum absolute atomic E-state index is 0.0136. The largest absolute Gasteiger partial charge is 0.502 e. The molecule has 3 N–H and O–H groups in total. The van der Waals surface area contributed by atoms with Gasteiger partial charge in [-0.05, 0) is 17.9 Å². The number of carboxylic acids is 2. The second-order valence-electron chi connectivity index (χ2n) is 2.13. The molecular formula is C8H10O5S. The lowest BCUT2D eigenvalue weighted by Gasteiger charge is -1.96. The predicted molar refractivity (Wildman–Crippen MR) is 52.2 cm³/mol. The van der Waals surface area contributed by atoms with Crippen LogP contribution in [0.15, 0.2) is 22.8 Å². The van der Waals surface area contributed by atoms with E-state index in [0.29, 0.717) is 5.75 Å². The van der Waals surface area contributed by atoms with Gasteiger partial charge in [-0.1, -0.05) is 6.92 Å². The van der Waals surface area contributed by atoms with Crippen LogP contribution in [0.5, 0.6) is 0 Å². The van der Waals surface area contributed by atoms with Crippen molar-refractivity contribution >= 4 is 23.7 Å². The van der Waals surface area contributed by atoms with Gasteiger partial charge in [0, 0.05) is 0 Å². The second-order valence-corrected chi connectivity index (χ2v) is 3.43. The maximum Gasteiger partial charge on any atom is 0.370 e. The lowest BCUT2D eigenvalue weighted by molar-refractivity contribution is -0.135. The van der Waals surface area contributed by atoms with Gasteiger partial charge in [0.25, 0.3) is 0 Å². The number of rotatable bonds is 5. The van der Waals surface area contributed by atoms with Crippen LogP contribution in [0, 0.1) is 0 Å². The van der Waals surface area contributed by atoms with Gasteiger partial charge in [0.2, 0.25) is 5.76 Å². The minimum atomic E-state index is -1.49. The number of hydrogen-bond acceptors (Lipinski definition) is 4. The SMILES string of the molecule is CCSC(=CC=C(O)C(=O)O)C(=O)O. The van der Waals surface area contributed by atoms with Gasteiger partial charge in [0.1, 0.15) is 0 Å². The fraction of sp³-hybridized carbons (Fsp3) is 0.250. The molecule has 14 heavy (non-hydrogen) atoms. The summed E-state index contributed by atoms with van der Waals surface area (Å²) in [6.45, 7) is 1.77. The Morgan fingerprint density at radius 2 is 1.71 bits per heavy atom. The van der Waals surface area contributed by atoms with Crippen LogP contribution in [0.2, 0.25) is 0 Å². The molecule has 0 aromatic heterocycles. The summed E-state index contributed by atoms with van der Waals surface area (Å²) in [4.78, 5) is 20.6. The monoisotopic (exact) mass is 218 g/mol. The summed E-state index contributed by atoms with van der Waals surface area (Å²) in [7, 11) is 0. The third-order valence-electron chi connectivity index (χ3n) is 1.12. The van der Waals surface area contributed by atoms with E-state index in [9.17, 15) is 9.59 Å². The maximum absolute atomic E-state index is 10.5. The molecule has 78 valence electrons. The molecule has 6 heteroatoms. The van der Waals surface area contributed by atoms with E-state index in [0.717, 1.165) is 23.9 Å². The van der Waals surface area contributed by atoms with Crippen molar-refractivity contribution < 1.29 is 24.9 Å². The van der Waals surface area contributed by atoms with Crippen molar-refractivity contribution in [3.8, 4) is 0 Å². The normalized spacial score (nSPS) is 12.6. The van der Waals surface area contributed by atoms with Gasteiger partial charge < -0.3 is 15.3 Å². The molecule has 0 amide bonds. The Morgan fingerprint density at radius 3 is 2.07 bits per heavy atom. The molecule has 0 aromatic carbocycles. The Morgan fingerprint density at radius 1 is 1.14 bits per heavy atom. The number of aliphatic carboxylic acids is 2. The van der Waals surface area contributed by atoms with Crippen LogP contribution >= 0.6 is 11.8 Å². The van der Waals surface area contributed by atoms with E-state index in [1.807, 2.05) is 0 Å². The van der Waals surface area contributed by atoms with E-state index in [1.54, 1.807) is 6.92 Å². The lowest BCUT2D eigenvalue weighted by atomic mass is 10.4. The number of thioether (sulfide) groups is 1. The van der Waals surface area contributed by atoms with Crippen molar-refractivity contribution in [2.75, 3.05) is 5.75 Å². The molecule has 0 bridgehead atoms. The zero-order valence-electron chi connectivity index (χ0n) is 7.43. The molecule has 0 aromatic rings. The summed E-state index contributed by atoms with van der Waals surface area (Å²) < 4.78 is 0. The first-order chi connectivity index (χ1) is 6.49. The number of carboxylic acid groups (broad SMARTS) is 2. The first-order valence-corrected chi connectivity index (χ1v) is 4.68. The topological polar surface area (TPSA) is 94.8 Å². The van der Waals surface area contributed by atoms with E-state index in [-0.39, 0.29) is 4.91 Å². The van der Waals surface area contributed by atoms with Crippen molar-refractivity contribution in [2.45, 2.75) is 6.92 Å². The predicted octanol–water partition coefficient (Wildman–Crippen LogP) is 1.23. The summed E-state index contributed by atoms with van der Waals surface area (Å²) in [6, 6.07) is 0. The van der Waals surface area contributed by atoms with Crippen molar-refractivity contribution in [3.05, 3.63) is 22.8 Å². The molecule has 0 spiro atoms. The van der Waals surface area contributed by atoms with Gasteiger partial charge in [-0.25, -0.2) is 9.59 Å². The Balaban J connectivity index is 4.67. The number of carbonyl (C=O) groups is 2. The molecule has 0 rings (SSSR count). The van der Waals surface area contributed by atoms with Gasteiger partial charge in [-0.15, -0.1) is 11.8 Å². The van der Waals surface area contributed by atoms with Gasteiger partial charge in [-0.2, -0.15) is 0 Å². The summed E-state index contributed by atoms with van der Waals surface area (Å²) in [5, 5.41) is 25.6. The molecule has 5 nitrogen and oxygen atoms in total. The number of aliphatic hydroxyl groups is 1. The van der Waals surface area contributed by atoms with Crippen LogP contribution in [0.3, 0.4) is 0 Å². The van der Waals surface area contributed by atoms with Crippen molar-refractivity contribution in [1.29, 1.82) is 0 Å². The fourth-order valence-corrected chi connectivity index (χ4v) is 1.16. The molecule has 0 aliphatic rings. The van der Waals surface area contributed by atoms with Crippen LogP contribution in [-0.4, -0.2) is 33.0 Å². The summed E-state index contributed by atoms with van der Waals surface area (Å²) in [5.74, 6) is -2.97. The van der Waals surface area contributed by atoms with Crippen LogP contribution in [-0.2, 0) is 9.59 Å². The van der Waals surface area contributed by atoms with E-state index < -0.39 is 17.7 Å². The smallest absolute Gasteiger partial charge is 0.370 e. The molecule has 0 aliphatic carbocycles. The molecule has 0 heterocycles. The highest BCUT2D eigenvalue weighted by Crippen LogP contribution is 2.15. The molecule has 0 radical (unpaired) electrons. The highest BCUT2D eigenvalue weighted by Gasteiger charge is 2.07. The summed E-state index contributed by atoms with van der Waals surface area (Å²) in [6.07, 6.45) is 1.90. The lowest BCUT2D eigenvalue weighted by Crippen LogP contribution is -2.00. The van der Waals surface area contributed by atoms with E-state index in [4.69, 9.17) is 15.3 Å². The third-order valence-corrected chi connectivity index (χ3v) is 2.03. The van der Waals surface area contributed by atoms with Gasteiger partial charge >= 0.3 is 11.9 Å². The van der Waals surface area contributed by atoms with Gasteiger partial charge in [0.05, 0.1) is 4.91 Å². The molecule has 0 fully saturated rings. The van der Waals surface area contributed by atoms with Crippen LogP contribution in [0.25, 0.3) is 0 Å². The van der Waals surface area contributed by atoms with Crippen molar-refractivity contribution in [2.24, 2.45) is 0 Å². The van der Waals surface area contributed by atoms with Crippen LogP contribution in [0.4, 0.5) is 0 Å². The standard InChI is InChI=1S/C8H10O5S/c1-2-14-6(8(12)13)4-3-5(9)7(10)11/h3-4,9H,2H2,1H3,(H,10,11)(H,12,13). The van der Waals surface area contributed by atoms with Crippen LogP contribution < -0.4 is 0 Å². The quantitative estimate of drug-likeness (QED) is 0.365.